The number of halogens is 2. The summed E-state index contributed by atoms with van der Waals surface area (Å²) in [5.41, 5.74) is 7.50. The van der Waals surface area contributed by atoms with E-state index in [2.05, 4.69) is 15.0 Å². The highest BCUT2D eigenvalue weighted by atomic mass is 19.2. The molecule has 0 unspecified atom stereocenters. The standard InChI is InChI=1S/C17H15F2N5O2/c18-11-2-1-9(3-12(11)19)15-16(10-4-21-17(20)22-5-10)24(8-23-15)13-6-26-7-14(13)25/h1-5,8,13-14,25H,6-7H2,(H2,20,21,22)/t13-,14-/m0/s1. The van der Waals surface area contributed by atoms with E-state index in [4.69, 9.17) is 10.5 Å². The van der Waals surface area contributed by atoms with Crippen LogP contribution in [0.1, 0.15) is 6.04 Å². The number of aliphatic hydroxyl groups excluding tert-OH is 1. The van der Waals surface area contributed by atoms with Crippen LogP contribution in [0, 0.1) is 11.6 Å². The van der Waals surface area contributed by atoms with Gasteiger partial charge in [0.05, 0.1) is 37.0 Å². The van der Waals surface area contributed by atoms with Crippen LogP contribution in [-0.4, -0.2) is 43.9 Å². The van der Waals surface area contributed by atoms with Crippen molar-refractivity contribution in [1.82, 2.24) is 19.5 Å². The van der Waals surface area contributed by atoms with Gasteiger partial charge >= 0.3 is 0 Å². The molecule has 0 aliphatic carbocycles. The summed E-state index contributed by atoms with van der Waals surface area (Å²) in [7, 11) is 0. The maximum Gasteiger partial charge on any atom is 0.219 e. The van der Waals surface area contributed by atoms with Gasteiger partial charge in [0, 0.05) is 23.5 Å². The number of benzene rings is 1. The van der Waals surface area contributed by atoms with E-state index in [1.807, 2.05) is 0 Å². The maximum atomic E-state index is 13.7. The highest BCUT2D eigenvalue weighted by molar-refractivity contribution is 5.78. The van der Waals surface area contributed by atoms with Gasteiger partial charge in [-0.05, 0) is 18.2 Å². The number of aliphatic hydroxyl groups is 1. The van der Waals surface area contributed by atoms with Crippen molar-refractivity contribution >= 4 is 5.95 Å². The Hall–Kier alpha value is -2.91. The Morgan fingerprint density at radius 3 is 2.50 bits per heavy atom. The monoisotopic (exact) mass is 359 g/mol. The SMILES string of the molecule is Nc1ncc(-c2c(-c3ccc(F)c(F)c3)ncn2[C@H]2COC[C@@H]2O)cn1. The second kappa shape index (κ2) is 6.43. The van der Waals surface area contributed by atoms with Crippen LogP contribution in [0.25, 0.3) is 22.5 Å². The van der Waals surface area contributed by atoms with Gasteiger partial charge in [-0.1, -0.05) is 0 Å². The maximum absolute atomic E-state index is 13.7. The van der Waals surface area contributed by atoms with Crippen LogP contribution in [0.2, 0.25) is 0 Å². The molecule has 3 heterocycles. The number of hydrogen-bond donors (Lipinski definition) is 2. The average Bonchev–Trinajstić information content (AvgIpc) is 3.24. The predicted molar refractivity (Wildman–Crippen MR) is 88.9 cm³/mol. The molecule has 1 aromatic carbocycles. The van der Waals surface area contributed by atoms with Gasteiger partial charge in [-0.2, -0.15) is 0 Å². The molecular formula is C17H15F2N5O2. The fourth-order valence-corrected chi connectivity index (χ4v) is 3.01. The third kappa shape index (κ3) is 2.80. The Morgan fingerprint density at radius 1 is 1.08 bits per heavy atom. The summed E-state index contributed by atoms with van der Waals surface area (Å²) in [6, 6.07) is 3.19. The Labute approximate surface area is 147 Å². The molecule has 0 saturated carbocycles. The molecule has 1 aliphatic rings. The predicted octanol–water partition coefficient (Wildman–Crippen LogP) is 1.80. The van der Waals surface area contributed by atoms with Gasteiger partial charge in [-0.15, -0.1) is 0 Å². The zero-order valence-corrected chi connectivity index (χ0v) is 13.5. The Bertz CT molecular complexity index is 945. The van der Waals surface area contributed by atoms with E-state index in [0.717, 1.165) is 12.1 Å². The molecule has 2 aromatic heterocycles. The molecule has 1 fully saturated rings. The largest absolute Gasteiger partial charge is 0.388 e. The number of anilines is 1. The van der Waals surface area contributed by atoms with Crippen molar-refractivity contribution in [3.63, 3.8) is 0 Å². The zero-order chi connectivity index (χ0) is 18.3. The van der Waals surface area contributed by atoms with Gasteiger partial charge in [-0.25, -0.2) is 23.7 Å². The van der Waals surface area contributed by atoms with Gasteiger partial charge in [0.25, 0.3) is 0 Å². The molecule has 26 heavy (non-hydrogen) atoms. The highest BCUT2D eigenvalue weighted by Crippen LogP contribution is 2.35. The van der Waals surface area contributed by atoms with Crippen molar-refractivity contribution in [3.8, 4) is 22.5 Å². The van der Waals surface area contributed by atoms with Crippen LogP contribution in [0.5, 0.6) is 0 Å². The first-order chi connectivity index (χ1) is 12.5. The lowest BCUT2D eigenvalue weighted by Gasteiger charge is -2.18. The lowest BCUT2D eigenvalue weighted by Crippen LogP contribution is -2.22. The van der Waals surface area contributed by atoms with Gasteiger partial charge < -0.3 is 20.1 Å². The first kappa shape index (κ1) is 16.6. The normalized spacial score (nSPS) is 19.8. The van der Waals surface area contributed by atoms with Crippen LogP contribution < -0.4 is 5.73 Å². The van der Waals surface area contributed by atoms with Crippen molar-refractivity contribution in [2.75, 3.05) is 18.9 Å². The van der Waals surface area contributed by atoms with E-state index in [1.54, 1.807) is 4.57 Å². The summed E-state index contributed by atoms with van der Waals surface area (Å²) in [6.07, 6.45) is 3.85. The van der Waals surface area contributed by atoms with E-state index in [9.17, 15) is 13.9 Å². The van der Waals surface area contributed by atoms with E-state index >= 15 is 0 Å². The third-order valence-electron chi connectivity index (χ3n) is 4.31. The van der Waals surface area contributed by atoms with E-state index < -0.39 is 17.7 Å². The summed E-state index contributed by atoms with van der Waals surface area (Å²) in [5.74, 6) is -1.80. The molecule has 3 N–H and O–H groups in total. The number of nitrogen functional groups attached to an aromatic ring is 1. The molecular weight excluding hydrogens is 344 g/mol. The number of nitrogens with zero attached hydrogens (tertiary/aromatic N) is 4. The summed E-state index contributed by atoms with van der Waals surface area (Å²) in [5, 5.41) is 10.2. The number of hydrogen-bond acceptors (Lipinski definition) is 6. The molecule has 0 radical (unpaired) electrons. The number of rotatable bonds is 3. The lowest BCUT2D eigenvalue weighted by atomic mass is 10.1. The third-order valence-corrected chi connectivity index (χ3v) is 4.31. The summed E-state index contributed by atoms with van der Waals surface area (Å²) >= 11 is 0. The van der Waals surface area contributed by atoms with Gasteiger partial charge in [-0.3, -0.25) is 0 Å². The zero-order valence-electron chi connectivity index (χ0n) is 13.5. The number of imidazole rings is 1. The fourth-order valence-electron chi connectivity index (χ4n) is 3.01. The first-order valence-electron chi connectivity index (χ1n) is 7.90. The van der Waals surface area contributed by atoms with Crippen molar-refractivity contribution in [3.05, 3.63) is 48.6 Å². The quantitative estimate of drug-likeness (QED) is 0.740. The molecule has 0 bridgehead atoms. The van der Waals surface area contributed by atoms with Crippen LogP contribution in [0.4, 0.5) is 14.7 Å². The van der Waals surface area contributed by atoms with E-state index in [-0.39, 0.29) is 18.6 Å². The van der Waals surface area contributed by atoms with Crippen LogP contribution in [-0.2, 0) is 4.74 Å². The number of nitrogens with two attached hydrogens (primary N) is 1. The van der Waals surface area contributed by atoms with Crippen molar-refractivity contribution < 1.29 is 18.6 Å². The molecule has 134 valence electrons. The lowest BCUT2D eigenvalue weighted by molar-refractivity contribution is 0.119. The van der Waals surface area contributed by atoms with Crippen molar-refractivity contribution in [2.45, 2.75) is 12.1 Å². The topological polar surface area (TPSA) is 99.1 Å². The summed E-state index contributed by atoms with van der Waals surface area (Å²) in [4.78, 5) is 12.3. The molecule has 3 aromatic rings. The average molecular weight is 359 g/mol. The molecule has 1 aliphatic heterocycles. The second-order valence-corrected chi connectivity index (χ2v) is 5.98. The van der Waals surface area contributed by atoms with Crippen LogP contribution in [0.3, 0.4) is 0 Å². The van der Waals surface area contributed by atoms with E-state index in [0.29, 0.717) is 29.1 Å². The van der Waals surface area contributed by atoms with Gasteiger partial charge in [0.2, 0.25) is 5.95 Å². The summed E-state index contributed by atoms with van der Waals surface area (Å²) < 4.78 is 34.1. The van der Waals surface area contributed by atoms with Gasteiger partial charge in [0.1, 0.15) is 6.10 Å². The van der Waals surface area contributed by atoms with Crippen molar-refractivity contribution in [1.29, 1.82) is 0 Å². The molecule has 2 atom stereocenters. The molecule has 7 nitrogen and oxygen atoms in total. The number of ether oxygens (including phenoxy) is 1. The Morgan fingerprint density at radius 2 is 1.85 bits per heavy atom. The molecule has 4 rings (SSSR count). The van der Waals surface area contributed by atoms with Crippen LogP contribution >= 0.6 is 0 Å². The number of aromatic nitrogens is 4. The molecule has 0 amide bonds. The fraction of sp³-hybridized carbons (Fsp3) is 0.235. The smallest absolute Gasteiger partial charge is 0.219 e. The molecule has 1 saturated heterocycles. The molecule has 9 heteroatoms. The first-order valence-corrected chi connectivity index (χ1v) is 7.90. The molecule has 0 spiro atoms. The minimum Gasteiger partial charge on any atom is -0.388 e. The minimum absolute atomic E-state index is 0.110. The summed E-state index contributed by atoms with van der Waals surface area (Å²) in [6.45, 7) is 0.513. The van der Waals surface area contributed by atoms with Gasteiger partial charge in [0.15, 0.2) is 11.6 Å². The minimum atomic E-state index is -0.971. The van der Waals surface area contributed by atoms with E-state index in [1.165, 1.54) is 24.8 Å². The second-order valence-electron chi connectivity index (χ2n) is 5.98. The Balaban J connectivity index is 1.90. The Kier molecular flexibility index (Phi) is 4.09. The van der Waals surface area contributed by atoms with Crippen LogP contribution in [0.15, 0.2) is 36.9 Å². The van der Waals surface area contributed by atoms with Crippen molar-refractivity contribution in [2.24, 2.45) is 0 Å². The highest BCUT2D eigenvalue weighted by Gasteiger charge is 2.31.